The molecule has 1 heteroatoms. The van der Waals surface area contributed by atoms with Gasteiger partial charge in [-0.15, -0.1) is 0 Å². The SMILES string of the molecule is C=C(C)N(C/C=C(\C)C1CC=C(C)CC1)CCCC. The highest BCUT2D eigenvalue weighted by atomic mass is 15.1. The molecular weight excluding hydrogens is 230 g/mol. The summed E-state index contributed by atoms with van der Waals surface area (Å²) in [6.45, 7) is 15.2. The van der Waals surface area contributed by atoms with E-state index in [-0.39, 0.29) is 0 Å². The minimum Gasteiger partial charge on any atom is -0.372 e. The van der Waals surface area contributed by atoms with Gasteiger partial charge in [-0.3, -0.25) is 0 Å². The van der Waals surface area contributed by atoms with Gasteiger partial charge in [0.1, 0.15) is 0 Å². The van der Waals surface area contributed by atoms with Crippen LogP contribution in [0.3, 0.4) is 0 Å². The normalized spacial score (nSPS) is 20.1. The Morgan fingerprint density at radius 2 is 2.21 bits per heavy atom. The molecule has 0 radical (unpaired) electrons. The second-order valence-electron chi connectivity index (χ2n) is 6.00. The first-order valence-corrected chi connectivity index (χ1v) is 7.77. The van der Waals surface area contributed by atoms with Crippen molar-refractivity contribution in [2.24, 2.45) is 5.92 Å². The zero-order valence-electron chi connectivity index (χ0n) is 13.3. The van der Waals surface area contributed by atoms with Crippen LogP contribution in [0.2, 0.25) is 0 Å². The molecular formula is C18H31N. The summed E-state index contributed by atoms with van der Waals surface area (Å²) in [5, 5.41) is 0. The highest BCUT2D eigenvalue weighted by Crippen LogP contribution is 2.28. The van der Waals surface area contributed by atoms with Crippen molar-refractivity contribution in [2.45, 2.75) is 59.8 Å². The van der Waals surface area contributed by atoms with Crippen LogP contribution < -0.4 is 0 Å². The molecule has 0 aromatic rings. The molecule has 1 atom stereocenters. The van der Waals surface area contributed by atoms with Crippen molar-refractivity contribution in [3.63, 3.8) is 0 Å². The van der Waals surface area contributed by atoms with Gasteiger partial charge in [0.15, 0.2) is 0 Å². The van der Waals surface area contributed by atoms with Crippen molar-refractivity contribution in [3.8, 4) is 0 Å². The van der Waals surface area contributed by atoms with Crippen molar-refractivity contribution in [1.82, 2.24) is 4.90 Å². The molecule has 108 valence electrons. The molecule has 19 heavy (non-hydrogen) atoms. The van der Waals surface area contributed by atoms with Gasteiger partial charge >= 0.3 is 0 Å². The predicted molar refractivity (Wildman–Crippen MR) is 86.2 cm³/mol. The smallest absolute Gasteiger partial charge is 0.0358 e. The number of allylic oxidation sites excluding steroid dienone is 4. The van der Waals surface area contributed by atoms with E-state index in [4.69, 9.17) is 0 Å². The van der Waals surface area contributed by atoms with Crippen LogP contribution in [-0.4, -0.2) is 18.0 Å². The summed E-state index contributed by atoms with van der Waals surface area (Å²) in [5.74, 6) is 0.766. The largest absolute Gasteiger partial charge is 0.372 e. The second-order valence-corrected chi connectivity index (χ2v) is 6.00. The summed E-state index contributed by atoms with van der Waals surface area (Å²) in [6, 6.07) is 0. The molecule has 0 aromatic heterocycles. The molecule has 0 heterocycles. The van der Waals surface area contributed by atoms with E-state index in [2.05, 4.69) is 51.3 Å². The van der Waals surface area contributed by atoms with Crippen molar-refractivity contribution in [2.75, 3.05) is 13.1 Å². The summed E-state index contributed by atoms with van der Waals surface area (Å²) in [7, 11) is 0. The number of unbranched alkanes of at least 4 members (excludes halogenated alkanes) is 1. The number of hydrogen-bond acceptors (Lipinski definition) is 1. The molecule has 1 aliphatic carbocycles. The zero-order chi connectivity index (χ0) is 14.3. The van der Waals surface area contributed by atoms with E-state index >= 15 is 0 Å². The average molecular weight is 261 g/mol. The van der Waals surface area contributed by atoms with Crippen LogP contribution in [0.1, 0.15) is 59.8 Å². The first-order chi connectivity index (χ1) is 9.04. The Labute approximate surface area is 120 Å². The fourth-order valence-electron chi connectivity index (χ4n) is 2.59. The second kappa shape index (κ2) is 8.24. The summed E-state index contributed by atoms with van der Waals surface area (Å²) in [5.41, 5.74) is 4.32. The molecule has 1 rings (SSSR count). The van der Waals surface area contributed by atoms with Crippen molar-refractivity contribution in [1.29, 1.82) is 0 Å². The third-order valence-electron chi connectivity index (χ3n) is 4.24. The van der Waals surface area contributed by atoms with Gasteiger partial charge in [-0.1, -0.05) is 43.2 Å². The highest BCUT2D eigenvalue weighted by Gasteiger charge is 2.14. The molecule has 1 aliphatic rings. The Kier molecular flexibility index (Phi) is 6.97. The lowest BCUT2D eigenvalue weighted by atomic mass is 9.85. The Balaban J connectivity index is 2.50. The quantitative estimate of drug-likeness (QED) is 0.561. The van der Waals surface area contributed by atoms with Crippen molar-refractivity contribution >= 4 is 0 Å². The Morgan fingerprint density at radius 1 is 1.47 bits per heavy atom. The summed E-state index contributed by atoms with van der Waals surface area (Å²) in [4.78, 5) is 2.40. The molecule has 0 aliphatic heterocycles. The molecule has 1 unspecified atom stereocenters. The third kappa shape index (κ3) is 5.67. The highest BCUT2D eigenvalue weighted by molar-refractivity contribution is 5.13. The van der Waals surface area contributed by atoms with E-state index in [9.17, 15) is 0 Å². The number of hydrogen-bond donors (Lipinski definition) is 0. The van der Waals surface area contributed by atoms with Crippen LogP contribution in [0.5, 0.6) is 0 Å². The van der Waals surface area contributed by atoms with Crippen molar-refractivity contribution in [3.05, 3.63) is 35.6 Å². The van der Waals surface area contributed by atoms with E-state index in [0.29, 0.717) is 0 Å². The maximum absolute atomic E-state index is 4.10. The minimum absolute atomic E-state index is 0.766. The lowest BCUT2D eigenvalue weighted by Gasteiger charge is -2.25. The van der Waals surface area contributed by atoms with Gasteiger partial charge in [0.05, 0.1) is 0 Å². The monoisotopic (exact) mass is 261 g/mol. The molecule has 0 aromatic carbocycles. The maximum Gasteiger partial charge on any atom is 0.0358 e. The molecule has 0 saturated carbocycles. The lowest BCUT2D eigenvalue weighted by molar-refractivity contribution is 0.371. The van der Waals surface area contributed by atoms with Crippen molar-refractivity contribution < 1.29 is 0 Å². The van der Waals surface area contributed by atoms with E-state index in [1.807, 2.05) is 0 Å². The predicted octanol–water partition coefficient (Wildman–Crippen LogP) is 5.31. The van der Waals surface area contributed by atoms with Gasteiger partial charge in [0, 0.05) is 18.8 Å². The molecule has 0 amide bonds. The average Bonchev–Trinajstić information content (AvgIpc) is 2.39. The lowest BCUT2D eigenvalue weighted by Crippen LogP contribution is -2.23. The number of rotatable bonds is 7. The van der Waals surface area contributed by atoms with E-state index in [1.54, 1.807) is 11.1 Å². The van der Waals surface area contributed by atoms with Crippen LogP contribution in [0.25, 0.3) is 0 Å². The van der Waals surface area contributed by atoms with Gasteiger partial charge in [0.2, 0.25) is 0 Å². The van der Waals surface area contributed by atoms with Gasteiger partial charge in [-0.05, 0) is 52.4 Å². The van der Waals surface area contributed by atoms with Gasteiger partial charge in [-0.2, -0.15) is 0 Å². The fraction of sp³-hybridized carbons (Fsp3) is 0.667. The summed E-state index contributed by atoms with van der Waals surface area (Å²) in [6.07, 6.45) is 11.2. The van der Waals surface area contributed by atoms with Gasteiger partial charge in [0.25, 0.3) is 0 Å². The van der Waals surface area contributed by atoms with E-state index in [0.717, 1.165) is 19.0 Å². The molecule has 0 N–H and O–H groups in total. The van der Waals surface area contributed by atoms with E-state index < -0.39 is 0 Å². The first kappa shape index (κ1) is 16.1. The third-order valence-corrected chi connectivity index (χ3v) is 4.24. The molecule has 0 saturated heterocycles. The first-order valence-electron chi connectivity index (χ1n) is 7.77. The van der Waals surface area contributed by atoms with Crippen LogP contribution in [0.4, 0.5) is 0 Å². The van der Waals surface area contributed by atoms with E-state index in [1.165, 1.54) is 37.8 Å². The molecule has 1 nitrogen and oxygen atoms in total. The van der Waals surface area contributed by atoms with Crippen LogP contribution >= 0.6 is 0 Å². The zero-order valence-corrected chi connectivity index (χ0v) is 13.3. The summed E-state index contributed by atoms with van der Waals surface area (Å²) < 4.78 is 0. The van der Waals surface area contributed by atoms with Crippen LogP contribution in [0.15, 0.2) is 35.6 Å². The fourth-order valence-corrected chi connectivity index (χ4v) is 2.59. The van der Waals surface area contributed by atoms with Gasteiger partial charge < -0.3 is 4.90 Å². The standard InChI is InChI=1S/C18H31N/c1-6-7-13-19(15(2)3)14-12-17(5)18-10-8-16(4)9-11-18/h8,12,18H,2,6-7,9-11,13-14H2,1,3-5H3/b17-12+. The molecule has 0 bridgehead atoms. The molecule has 0 spiro atoms. The Morgan fingerprint density at radius 3 is 2.74 bits per heavy atom. The molecule has 0 fully saturated rings. The number of nitrogens with zero attached hydrogens (tertiary/aromatic N) is 1. The Bertz CT molecular complexity index is 349. The minimum atomic E-state index is 0.766. The topological polar surface area (TPSA) is 3.24 Å². The van der Waals surface area contributed by atoms with Crippen LogP contribution in [-0.2, 0) is 0 Å². The summed E-state index contributed by atoms with van der Waals surface area (Å²) >= 11 is 0. The van der Waals surface area contributed by atoms with Gasteiger partial charge in [-0.25, -0.2) is 0 Å². The Hall–Kier alpha value is -0.980. The van der Waals surface area contributed by atoms with Crippen LogP contribution in [0, 0.1) is 5.92 Å². The maximum atomic E-state index is 4.10.